The third kappa shape index (κ3) is 3.43. The molecule has 2 N–H and O–H groups in total. The number of carbonyl (C=O) groups excluding carboxylic acids is 2. The Bertz CT molecular complexity index is 1070. The number of fused-ring (bicyclic) bond motifs is 7. The van der Waals surface area contributed by atoms with E-state index in [0.29, 0.717) is 24.3 Å². The number of rotatable bonds is 2. The Morgan fingerprint density at radius 1 is 1.08 bits per heavy atom. The molecule has 0 bridgehead atoms. The topological polar surface area (TPSA) is 90.2 Å². The molecule has 5 aliphatic rings. The lowest BCUT2D eigenvalue weighted by atomic mass is 9.32. The highest BCUT2D eigenvalue weighted by Gasteiger charge is 2.72. The van der Waals surface area contributed by atoms with Crippen LogP contribution in [0.1, 0.15) is 99.8 Å². The largest absolute Gasteiger partial charge is 0.387 e. The summed E-state index contributed by atoms with van der Waals surface area (Å²) in [6.45, 7) is 16.4. The van der Waals surface area contributed by atoms with Gasteiger partial charge in [0.05, 0.1) is 23.2 Å². The molecule has 4 saturated carbocycles. The molecule has 37 heavy (non-hydrogen) atoms. The van der Waals surface area contributed by atoms with E-state index in [-0.39, 0.29) is 57.2 Å². The van der Waals surface area contributed by atoms with Gasteiger partial charge >= 0.3 is 0 Å². The van der Waals surface area contributed by atoms with Gasteiger partial charge in [-0.1, -0.05) is 47.6 Å². The zero-order valence-corrected chi connectivity index (χ0v) is 24.1. The molecular formula is C32H48N2O3. The summed E-state index contributed by atoms with van der Waals surface area (Å²) in [6.07, 6.45) is 8.50. The van der Waals surface area contributed by atoms with Gasteiger partial charge in [0.15, 0.2) is 0 Å². The summed E-state index contributed by atoms with van der Waals surface area (Å²) < 4.78 is 0. The molecule has 5 heteroatoms. The summed E-state index contributed by atoms with van der Waals surface area (Å²) in [5.74, 6) is 0.895. The van der Waals surface area contributed by atoms with Crippen LogP contribution in [0.15, 0.2) is 11.6 Å². The number of hydrogen-bond acceptors (Lipinski definition) is 4. The fraction of sp³-hybridized carbons (Fsp3) is 0.844. The number of carbonyl (C=O) groups is 2. The number of Topliss-reactive ketones (excluding diaryl/α,β-unsaturated/α-hetero) is 1. The molecule has 3 unspecified atom stereocenters. The van der Waals surface area contributed by atoms with Gasteiger partial charge < -0.3 is 10.4 Å². The van der Waals surface area contributed by atoms with Crippen LogP contribution < -0.4 is 5.32 Å². The van der Waals surface area contributed by atoms with E-state index in [9.17, 15) is 20.0 Å². The minimum Gasteiger partial charge on any atom is -0.387 e. The van der Waals surface area contributed by atoms with Crippen molar-refractivity contribution in [2.45, 2.75) is 106 Å². The Hall–Kier alpha value is -1.67. The number of aliphatic hydroxyl groups is 1. The van der Waals surface area contributed by atoms with Crippen LogP contribution in [-0.4, -0.2) is 29.4 Å². The van der Waals surface area contributed by atoms with Crippen LogP contribution >= 0.6 is 0 Å². The lowest BCUT2D eigenvalue weighted by molar-refractivity contribution is -0.220. The summed E-state index contributed by atoms with van der Waals surface area (Å²) in [5.41, 5.74) is -0.379. The third-order valence-corrected chi connectivity index (χ3v) is 13.1. The molecule has 0 aromatic carbocycles. The molecule has 5 aliphatic carbocycles. The standard InChI is InChI=1S/C32H48N2O3/c1-8-34-27(37)32-13-11-28(3,4)17-22(32)25-23(35)15-24-29(5)16-20(18-33)26(36)19(2)21(29)9-10-30(24,6)31(25,7)12-14-32/h16,19,21-22,24-26,36H,8-15,17H2,1-7H3,(H,34,37)/t19-,21-,22?,24+,25?,26?,29-,30+,31+,32-/m0/s1. The molecule has 5 rings (SSSR count). The van der Waals surface area contributed by atoms with Crippen molar-refractivity contribution in [1.82, 2.24) is 5.32 Å². The lowest BCUT2D eigenvalue weighted by Gasteiger charge is -2.71. The minimum absolute atomic E-state index is 0.00530. The van der Waals surface area contributed by atoms with Crippen LogP contribution in [0.3, 0.4) is 0 Å². The molecule has 0 aromatic rings. The highest BCUT2D eigenvalue weighted by atomic mass is 16.3. The first-order chi connectivity index (χ1) is 17.2. The van der Waals surface area contributed by atoms with Gasteiger partial charge in [0, 0.05) is 18.9 Å². The quantitative estimate of drug-likeness (QED) is 0.491. The predicted octanol–water partition coefficient (Wildman–Crippen LogP) is 5.82. The second kappa shape index (κ2) is 8.41. The summed E-state index contributed by atoms with van der Waals surface area (Å²) >= 11 is 0. The fourth-order valence-corrected chi connectivity index (χ4v) is 10.8. The zero-order valence-electron chi connectivity index (χ0n) is 24.1. The maximum atomic E-state index is 14.5. The third-order valence-electron chi connectivity index (χ3n) is 13.1. The van der Waals surface area contributed by atoms with E-state index in [4.69, 9.17) is 0 Å². The van der Waals surface area contributed by atoms with E-state index >= 15 is 0 Å². The summed E-state index contributed by atoms with van der Waals surface area (Å²) in [6, 6.07) is 2.28. The average Bonchev–Trinajstić information content (AvgIpc) is 2.82. The van der Waals surface area contributed by atoms with E-state index in [1.165, 1.54) is 0 Å². The van der Waals surface area contributed by atoms with Crippen molar-refractivity contribution in [1.29, 1.82) is 5.26 Å². The van der Waals surface area contributed by atoms with E-state index in [1.807, 2.05) is 6.92 Å². The van der Waals surface area contributed by atoms with Gasteiger partial charge in [0.1, 0.15) is 5.78 Å². The molecule has 0 aliphatic heterocycles. The maximum absolute atomic E-state index is 14.5. The van der Waals surface area contributed by atoms with Crippen molar-refractivity contribution in [2.75, 3.05) is 6.54 Å². The van der Waals surface area contributed by atoms with Crippen LogP contribution in [-0.2, 0) is 9.59 Å². The van der Waals surface area contributed by atoms with Gasteiger partial charge in [0.2, 0.25) is 5.91 Å². The van der Waals surface area contributed by atoms with E-state index in [1.54, 1.807) is 0 Å². The van der Waals surface area contributed by atoms with Crippen LogP contribution in [0.5, 0.6) is 0 Å². The molecule has 0 radical (unpaired) electrons. The SMILES string of the molecule is CCNC(=O)[C@]12CCC(C)(C)CC1C1C(=O)C[C@@H]3[C@@]4(C)C=C(C#N)C(O)[C@@H](C)[C@@H]4CC[C@@]3(C)[C@]1(C)CC2. The molecule has 0 heterocycles. The zero-order chi connectivity index (χ0) is 27.2. The van der Waals surface area contributed by atoms with E-state index < -0.39 is 11.5 Å². The minimum atomic E-state index is -0.716. The Kier molecular flexibility index (Phi) is 6.12. The smallest absolute Gasteiger partial charge is 0.226 e. The summed E-state index contributed by atoms with van der Waals surface area (Å²) in [4.78, 5) is 28.2. The Balaban J connectivity index is 1.62. The molecule has 204 valence electrons. The number of amides is 1. The first-order valence-electron chi connectivity index (χ1n) is 14.8. The van der Waals surface area contributed by atoms with Crippen molar-refractivity contribution < 1.29 is 14.7 Å². The fourth-order valence-electron chi connectivity index (χ4n) is 10.8. The lowest BCUT2D eigenvalue weighted by Crippen LogP contribution is -2.69. The summed E-state index contributed by atoms with van der Waals surface area (Å²) in [5, 5.41) is 23.9. The van der Waals surface area contributed by atoms with Crippen molar-refractivity contribution in [3.05, 3.63) is 11.6 Å². The van der Waals surface area contributed by atoms with Crippen molar-refractivity contribution in [3.8, 4) is 6.07 Å². The van der Waals surface area contributed by atoms with Gasteiger partial charge in [-0.15, -0.1) is 0 Å². The Morgan fingerprint density at radius 2 is 1.76 bits per heavy atom. The van der Waals surface area contributed by atoms with Gasteiger partial charge in [-0.05, 0) is 97.2 Å². The number of ketones is 1. The van der Waals surface area contributed by atoms with Crippen molar-refractivity contribution in [3.63, 3.8) is 0 Å². The number of hydrogen-bond donors (Lipinski definition) is 2. The average molecular weight is 509 g/mol. The molecule has 5 nitrogen and oxygen atoms in total. The monoisotopic (exact) mass is 508 g/mol. The van der Waals surface area contributed by atoms with Crippen LogP contribution in [0, 0.1) is 68.0 Å². The molecule has 0 aromatic heterocycles. The van der Waals surface area contributed by atoms with Crippen LogP contribution in [0.2, 0.25) is 0 Å². The highest BCUT2D eigenvalue weighted by Crippen LogP contribution is 2.75. The van der Waals surface area contributed by atoms with Crippen LogP contribution in [0.25, 0.3) is 0 Å². The molecular weight excluding hydrogens is 460 g/mol. The molecule has 4 fully saturated rings. The maximum Gasteiger partial charge on any atom is 0.226 e. The van der Waals surface area contributed by atoms with Gasteiger partial charge in [0.25, 0.3) is 0 Å². The normalized spacial score (nSPS) is 50.4. The number of aliphatic hydroxyl groups excluding tert-OH is 1. The van der Waals surface area contributed by atoms with Crippen LogP contribution in [0.4, 0.5) is 0 Å². The van der Waals surface area contributed by atoms with Gasteiger partial charge in [-0.2, -0.15) is 5.26 Å². The molecule has 0 spiro atoms. The van der Waals surface area contributed by atoms with E-state index in [0.717, 1.165) is 44.9 Å². The number of nitrogens with one attached hydrogen (secondary N) is 1. The van der Waals surface area contributed by atoms with Crippen molar-refractivity contribution >= 4 is 11.7 Å². The first kappa shape index (κ1) is 26.9. The van der Waals surface area contributed by atoms with Gasteiger partial charge in [-0.3, -0.25) is 9.59 Å². The predicted molar refractivity (Wildman–Crippen MR) is 144 cm³/mol. The number of nitriles is 1. The number of nitrogens with zero attached hydrogens (tertiary/aromatic N) is 1. The molecule has 10 atom stereocenters. The second-order valence-corrected chi connectivity index (χ2v) is 15.1. The Labute approximate surface area is 223 Å². The van der Waals surface area contributed by atoms with Crippen molar-refractivity contribution in [2.24, 2.45) is 56.7 Å². The first-order valence-corrected chi connectivity index (χ1v) is 14.8. The van der Waals surface area contributed by atoms with Gasteiger partial charge in [-0.25, -0.2) is 0 Å². The molecule has 1 amide bonds. The highest BCUT2D eigenvalue weighted by molar-refractivity contribution is 5.88. The van der Waals surface area contributed by atoms with E-state index in [2.05, 4.69) is 59.0 Å². The molecule has 0 saturated heterocycles. The Morgan fingerprint density at radius 3 is 2.41 bits per heavy atom. The second-order valence-electron chi connectivity index (χ2n) is 15.1. The summed E-state index contributed by atoms with van der Waals surface area (Å²) in [7, 11) is 0. The number of allylic oxidation sites excluding steroid dienone is 1.